The largest absolute Gasteiger partial charge is 0.495 e. The molecule has 1 saturated heterocycles. The molecule has 0 atom stereocenters. The number of hydrogen-bond acceptors (Lipinski definition) is 7. The van der Waals surface area contributed by atoms with Crippen molar-refractivity contribution in [3.63, 3.8) is 0 Å². The van der Waals surface area contributed by atoms with Crippen LogP contribution in [0.2, 0.25) is 0 Å². The Balaban J connectivity index is 1.27. The zero-order chi connectivity index (χ0) is 32.3. The van der Waals surface area contributed by atoms with Crippen molar-refractivity contribution in [1.82, 2.24) is 4.31 Å². The van der Waals surface area contributed by atoms with Crippen LogP contribution >= 0.6 is 0 Å². The summed E-state index contributed by atoms with van der Waals surface area (Å²) in [5.74, 6) is -0.188. The van der Waals surface area contributed by atoms with Gasteiger partial charge in [-0.25, -0.2) is 16.8 Å². The molecule has 10 nitrogen and oxygen atoms in total. The van der Waals surface area contributed by atoms with Crippen LogP contribution in [0.3, 0.4) is 0 Å². The lowest BCUT2D eigenvalue weighted by Gasteiger charge is -2.30. The molecule has 4 aromatic rings. The van der Waals surface area contributed by atoms with Crippen molar-refractivity contribution in [2.24, 2.45) is 0 Å². The molecule has 6 rings (SSSR count). The second kappa shape index (κ2) is 13.1. The first-order valence-electron chi connectivity index (χ1n) is 15.2. The first kappa shape index (κ1) is 31.6. The van der Waals surface area contributed by atoms with Crippen molar-refractivity contribution in [2.75, 3.05) is 41.7 Å². The van der Waals surface area contributed by atoms with Gasteiger partial charge in [0.15, 0.2) is 0 Å². The summed E-state index contributed by atoms with van der Waals surface area (Å²) in [7, 11) is -6.51. The Morgan fingerprint density at radius 3 is 2.30 bits per heavy atom. The zero-order valence-electron chi connectivity index (χ0n) is 25.5. The molecular formula is C34H36N4O6S2. The summed E-state index contributed by atoms with van der Waals surface area (Å²) in [5, 5.41) is 2.78. The molecule has 0 bridgehead atoms. The number of ether oxygens (including phenoxy) is 1. The van der Waals surface area contributed by atoms with Gasteiger partial charge in [-0.05, 0) is 85.3 Å². The second-order valence-corrected chi connectivity index (χ2v) is 15.0. The van der Waals surface area contributed by atoms with Gasteiger partial charge in [0.25, 0.3) is 15.9 Å². The number of anilines is 3. The zero-order valence-corrected chi connectivity index (χ0v) is 27.1. The molecule has 2 heterocycles. The number of nitrogens with zero attached hydrogens (tertiary/aromatic N) is 2. The number of carbonyl (C=O) groups excluding carboxylic acids is 1. The Hall–Kier alpha value is -4.39. The van der Waals surface area contributed by atoms with Crippen molar-refractivity contribution in [2.45, 2.75) is 42.0 Å². The van der Waals surface area contributed by atoms with E-state index in [-0.39, 0.29) is 27.6 Å². The first-order valence-corrected chi connectivity index (χ1v) is 18.1. The average molecular weight is 661 g/mol. The van der Waals surface area contributed by atoms with Gasteiger partial charge in [0.05, 0.1) is 23.4 Å². The van der Waals surface area contributed by atoms with E-state index < -0.39 is 26.0 Å². The minimum atomic E-state index is -4.12. The van der Waals surface area contributed by atoms with Crippen LogP contribution < -0.4 is 19.7 Å². The van der Waals surface area contributed by atoms with E-state index >= 15 is 0 Å². The van der Waals surface area contributed by atoms with Crippen LogP contribution in [0.4, 0.5) is 17.1 Å². The van der Waals surface area contributed by atoms with E-state index in [1.54, 1.807) is 36.4 Å². The van der Waals surface area contributed by atoms with Gasteiger partial charge >= 0.3 is 0 Å². The van der Waals surface area contributed by atoms with Gasteiger partial charge in [-0.15, -0.1) is 0 Å². The highest BCUT2D eigenvalue weighted by Crippen LogP contribution is 2.34. The van der Waals surface area contributed by atoms with Crippen molar-refractivity contribution >= 4 is 43.0 Å². The highest BCUT2D eigenvalue weighted by atomic mass is 32.2. The van der Waals surface area contributed by atoms with Crippen molar-refractivity contribution in [1.29, 1.82) is 0 Å². The Kier molecular flexibility index (Phi) is 9.03. The van der Waals surface area contributed by atoms with Gasteiger partial charge in [-0.2, -0.15) is 4.31 Å². The van der Waals surface area contributed by atoms with E-state index in [1.165, 1.54) is 41.7 Å². The summed E-state index contributed by atoms with van der Waals surface area (Å²) in [6.45, 7) is 2.04. The number of rotatable bonds is 9. The molecule has 0 radical (unpaired) electrons. The molecule has 4 aromatic carbocycles. The summed E-state index contributed by atoms with van der Waals surface area (Å²) in [6.07, 6.45) is 3.58. The molecule has 0 spiro atoms. The highest BCUT2D eigenvalue weighted by Gasteiger charge is 2.29. The van der Waals surface area contributed by atoms with E-state index in [1.807, 2.05) is 29.2 Å². The molecule has 2 aliphatic rings. The van der Waals surface area contributed by atoms with Crippen LogP contribution in [-0.4, -0.2) is 53.8 Å². The molecule has 2 aliphatic heterocycles. The molecule has 12 heteroatoms. The Morgan fingerprint density at radius 2 is 1.52 bits per heavy atom. The molecule has 0 saturated carbocycles. The van der Waals surface area contributed by atoms with Crippen molar-refractivity contribution in [3.8, 4) is 5.75 Å². The maximum Gasteiger partial charge on any atom is 0.264 e. The molecule has 240 valence electrons. The topological polar surface area (TPSA) is 125 Å². The van der Waals surface area contributed by atoms with Gasteiger partial charge < -0.3 is 15.0 Å². The summed E-state index contributed by atoms with van der Waals surface area (Å²) < 4.78 is 64.3. The van der Waals surface area contributed by atoms with Crippen molar-refractivity contribution in [3.05, 3.63) is 108 Å². The number of para-hydroxylation sites is 2. The van der Waals surface area contributed by atoms with E-state index in [2.05, 4.69) is 10.0 Å². The predicted octanol–water partition coefficient (Wildman–Crippen LogP) is 5.49. The molecule has 1 fully saturated rings. The molecule has 46 heavy (non-hydrogen) atoms. The standard InChI is InChI=1S/C34H36N4O6S2/c1-44-32-15-6-5-14-30(32)36-45(40,41)33-23-28(16-17-31(33)37-19-7-2-8-20-37)35-34(39)26-12-9-13-29(22-26)46(42,43)38-21-18-25-10-3-4-11-27(25)24-38/h3-6,9-17,22-23,36H,2,7-8,18-21,24H2,1H3,(H,35,39). The third-order valence-electron chi connectivity index (χ3n) is 8.38. The number of amides is 1. The fourth-order valence-corrected chi connectivity index (χ4v) is 8.74. The number of piperidine rings is 1. The SMILES string of the molecule is COc1ccccc1NS(=O)(=O)c1cc(NC(=O)c2cccc(S(=O)(=O)N3CCc4ccccc4C3)c2)ccc1N1CCCCC1. The lowest BCUT2D eigenvalue weighted by Crippen LogP contribution is -2.36. The quantitative estimate of drug-likeness (QED) is 0.243. The fraction of sp³-hybridized carbons (Fsp3) is 0.265. The Morgan fingerprint density at radius 1 is 0.783 bits per heavy atom. The number of nitrogens with one attached hydrogen (secondary N) is 2. The second-order valence-electron chi connectivity index (χ2n) is 11.4. The van der Waals surface area contributed by atoms with E-state index in [9.17, 15) is 21.6 Å². The summed E-state index contributed by atoms with van der Waals surface area (Å²) in [6, 6.07) is 25.2. The van der Waals surface area contributed by atoms with Crippen LogP contribution in [0.15, 0.2) is 101 Å². The Bertz CT molecular complexity index is 1980. The molecular weight excluding hydrogens is 625 g/mol. The van der Waals surface area contributed by atoms with Crippen LogP contribution in [0.5, 0.6) is 5.75 Å². The average Bonchev–Trinajstić information content (AvgIpc) is 3.08. The third kappa shape index (κ3) is 6.60. The molecule has 1 amide bonds. The molecule has 2 N–H and O–H groups in total. The summed E-state index contributed by atoms with van der Waals surface area (Å²) >= 11 is 0. The summed E-state index contributed by atoms with van der Waals surface area (Å²) in [4.78, 5) is 15.5. The number of benzene rings is 4. The van der Waals surface area contributed by atoms with Crippen LogP contribution in [0.1, 0.15) is 40.7 Å². The van der Waals surface area contributed by atoms with Gasteiger partial charge in [0, 0.05) is 37.4 Å². The minimum absolute atomic E-state index is 0.0137. The third-order valence-corrected chi connectivity index (χ3v) is 11.6. The van der Waals surface area contributed by atoms with E-state index in [0.29, 0.717) is 43.2 Å². The number of sulfonamides is 2. The van der Waals surface area contributed by atoms with Gasteiger partial charge in [-0.1, -0.05) is 42.5 Å². The monoisotopic (exact) mass is 660 g/mol. The number of fused-ring (bicyclic) bond motifs is 1. The number of methoxy groups -OCH3 is 1. The lowest BCUT2D eigenvalue weighted by molar-refractivity contribution is 0.102. The fourth-order valence-electron chi connectivity index (χ4n) is 5.96. The van der Waals surface area contributed by atoms with Crippen LogP contribution in [0.25, 0.3) is 0 Å². The van der Waals surface area contributed by atoms with Crippen molar-refractivity contribution < 1.29 is 26.4 Å². The molecule has 0 aliphatic carbocycles. The minimum Gasteiger partial charge on any atom is -0.495 e. The first-order chi connectivity index (χ1) is 22.2. The maximum absolute atomic E-state index is 13.8. The molecule has 0 aromatic heterocycles. The highest BCUT2D eigenvalue weighted by molar-refractivity contribution is 7.93. The Labute approximate surface area is 270 Å². The van der Waals surface area contributed by atoms with E-state index in [4.69, 9.17) is 4.74 Å². The van der Waals surface area contributed by atoms with Gasteiger partial charge in [0.2, 0.25) is 10.0 Å². The number of hydrogen-bond donors (Lipinski definition) is 2. The smallest absolute Gasteiger partial charge is 0.264 e. The van der Waals surface area contributed by atoms with Gasteiger partial charge in [-0.3, -0.25) is 9.52 Å². The van der Waals surface area contributed by atoms with Gasteiger partial charge in [0.1, 0.15) is 10.6 Å². The maximum atomic E-state index is 13.8. The lowest BCUT2D eigenvalue weighted by atomic mass is 10.0. The van der Waals surface area contributed by atoms with Crippen LogP contribution in [-0.2, 0) is 33.0 Å². The predicted molar refractivity (Wildman–Crippen MR) is 178 cm³/mol. The van der Waals surface area contributed by atoms with E-state index in [0.717, 1.165) is 30.4 Å². The number of carbonyl (C=O) groups is 1. The van der Waals surface area contributed by atoms with Crippen LogP contribution in [0, 0.1) is 0 Å². The molecule has 0 unspecified atom stereocenters. The normalized spacial score (nSPS) is 15.5. The summed E-state index contributed by atoms with van der Waals surface area (Å²) in [5.41, 5.74) is 3.32.